The highest BCUT2D eigenvalue weighted by molar-refractivity contribution is 7.89. The lowest BCUT2D eigenvalue weighted by molar-refractivity contribution is -0.136. The largest absolute Gasteiger partial charge is 0.486 e. The van der Waals surface area contributed by atoms with E-state index in [4.69, 9.17) is 9.47 Å². The van der Waals surface area contributed by atoms with Gasteiger partial charge in [-0.2, -0.15) is 4.31 Å². The van der Waals surface area contributed by atoms with Crippen molar-refractivity contribution < 1.29 is 22.7 Å². The first kappa shape index (κ1) is 22.7. The summed E-state index contributed by atoms with van der Waals surface area (Å²) in [6.45, 7) is 1.46. The lowest BCUT2D eigenvalue weighted by Gasteiger charge is -2.34. The molecule has 2 aliphatic heterocycles. The van der Waals surface area contributed by atoms with Crippen molar-refractivity contribution >= 4 is 26.7 Å². The van der Waals surface area contributed by atoms with Gasteiger partial charge in [0.05, 0.1) is 11.4 Å². The molecule has 3 aromatic rings. The quantitative estimate of drug-likeness (QED) is 0.558. The van der Waals surface area contributed by atoms with Crippen LogP contribution in [0.15, 0.2) is 71.6 Å². The summed E-state index contributed by atoms with van der Waals surface area (Å²) >= 11 is 0. The zero-order valence-corrected chi connectivity index (χ0v) is 19.9. The van der Waals surface area contributed by atoms with Gasteiger partial charge < -0.3 is 14.4 Å². The molecule has 0 N–H and O–H groups in total. The van der Waals surface area contributed by atoms with Crippen molar-refractivity contribution in [3.8, 4) is 11.5 Å². The minimum atomic E-state index is -3.60. The van der Waals surface area contributed by atoms with Gasteiger partial charge in [0, 0.05) is 26.1 Å². The second-order valence-corrected chi connectivity index (χ2v) is 10.8. The zero-order valence-electron chi connectivity index (χ0n) is 19.1. The minimum Gasteiger partial charge on any atom is -0.486 e. The molecule has 34 heavy (non-hydrogen) atoms. The number of benzene rings is 3. The summed E-state index contributed by atoms with van der Waals surface area (Å²) in [7, 11) is -1.83. The molecule has 2 aliphatic rings. The minimum absolute atomic E-state index is 0.0187. The van der Waals surface area contributed by atoms with Gasteiger partial charge in [0.2, 0.25) is 15.9 Å². The molecule has 1 saturated heterocycles. The van der Waals surface area contributed by atoms with Crippen molar-refractivity contribution in [1.29, 1.82) is 0 Å². The van der Waals surface area contributed by atoms with Crippen LogP contribution in [-0.2, 0) is 14.8 Å². The summed E-state index contributed by atoms with van der Waals surface area (Å²) < 4.78 is 39.6. The molecule has 0 radical (unpaired) electrons. The van der Waals surface area contributed by atoms with Gasteiger partial charge in [0.15, 0.2) is 17.6 Å². The van der Waals surface area contributed by atoms with Crippen molar-refractivity contribution in [3.63, 3.8) is 0 Å². The Balaban J connectivity index is 1.18. The molecule has 1 atom stereocenters. The number of piperidine rings is 1. The molecule has 178 valence electrons. The summed E-state index contributed by atoms with van der Waals surface area (Å²) in [5, 5.41) is 1.90. The van der Waals surface area contributed by atoms with Crippen LogP contribution in [0.3, 0.4) is 0 Å². The Kier molecular flexibility index (Phi) is 6.18. The van der Waals surface area contributed by atoms with Crippen molar-refractivity contribution in [3.05, 3.63) is 66.7 Å². The number of carbonyl (C=O) groups is 1. The number of hydrogen-bond acceptors (Lipinski definition) is 5. The van der Waals surface area contributed by atoms with Gasteiger partial charge >= 0.3 is 0 Å². The molecule has 8 heteroatoms. The summed E-state index contributed by atoms with van der Waals surface area (Å²) in [6, 6.07) is 20.4. The van der Waals surface area contributed by atoms with Crippen LogP contribution >= 0.6 is 0 Å². The van der Waals surface area contributed by atoms with E-state index in [1.807, 2.05) is 54.6 Å². The van der Waals surface area contributed by atoms with Crippen LogP contribution in [0.4, 0.5) is 0 Å². The Hall–Kier alpha value is -3.10. The van der Waals surface area contributed by atoms with Crippen LogP contribution < -0.4 is 9.47 Å². The molecule has 0 spiro atoms. The fourth-order valence-corrected chi connectivity index (χ4v) is 6.19. The third kappa shape index (κ3) is 4.48. The van der Waals surface area contributed by atoms with Gasteiger partial charge in [-0.1, -0.05) is 42.5 Å². The highest BCUT2D eigenvalue weighted by atomic mass is 32.2. The van der Waals surface area contributed by atoms with Gasteiger partial charge in [-0.05, 0) is 47.9 Å². The predicted octanol–water partition coefficient (Wildman–Crippen LogP) is 3.54. The van der Waals surface area contributed by atoms with E-state index in [9.17, 15) is 13.2 Å². The number of carbonyl (C=O) groups excluding carboxylic acids is 1. The molecule has 1 amide bonds. The molecule has 2 heterocycles. The summed E-state index contributed by atoms with van der Waals surface area (Å²) in [6.07, 6.45) is 0.763. The molecule has 1 fully saturated rings. The molecule has 0 aliphatic carbocycles. The maximum absolute atomic E-state index is 13.2. The highest BCUT2D eigenvalue weighted by Gasteiger charge is 2.34. The van der Waals surface area contributed by atoms with Crippen molar-refractivity contribution in [2.45, 2.75) is 23.8 Å². The van der Waals surface area contributed by atoms with E-state index in [-0.39, 0.29) is 17.9 Å². The van der Waals surface area contributed by atoms with Crippen molar-refractivity contribution in [2.75, 3.05) is 33.3 Å². The number of para-hydroxylation sites is 2. The SMILES string of the molecule is CN(C[C@@H]1COc2ccccc2O1)C(=O)C1CCN(S(=O)(=O)c2ccc3ccccc3c2)CC1. The van der Waals surface area contributed by atoms with E-state index >= 15 is 0 Å². The molecule has 7 nitrogen and oxygen atoms in total. The molecular weight excluding hydrogens is 452 g/mol. The molecule has 0 bridgehead atoms. The lowest BCUT2D eigenvalue weighted by atomic mass is 9.96. The Morgan fingerprint density at radius 1 is 0.971 bits per heavy atom. The zero-order chi connectivity index (χ0) is 23.7. The maximum Gasteiger partial charge on any atom is 0.243 e. The lowest BCUT2D eigenvalue weighted by Crippen LogP contribution is -2.47. The van der Waals surface area contributed by atoms with E-state index in [2.05, 4.69) is 0 Å². The third-order valence-electron chi connectivity index (χ3n) is 6.58. The van der Waals surface area contributed by atoms with Crippen molar-refractivity contribution in [1.82, 2.24) is 9.21 Å². The number of sulfonamides is 1. The second kappa shape index (κ2) is 9.27. The number of likely N-dealkylation sites (N-methyl/N-ethyl adjacent to an activating group) is 1. The summed E-state index contributed by atoms with van der Waals surface area (Å²) in [4.78, 5) is 15.0. The Morgan fingerprint density at radius 2 is 1.65 bits per heavy atom. The Morgan fingerprint density at radius 3 is 2.41 bits per heavy atom. The Labute approximate surface area is 199 Å². The first-order chi connectivity index (χ1) is 16.4. The molecule has 3 aromatic carbocycles. The fourth-order valence-electron chi connectivity index (χ4n) is 4.68. The average Bonchev–Trinajstić information content (AvgIpc) is 2.88. The smallest absolute Gasteiger partial charge is 0.243 e. The molecular formula is C26H28N2O5S. The van der Waals surface area contributed by atoms with E-state index in [0.29, 0.717) is 55.5 Å². The number of rotatable bonds is 5. The van der Waals surface area contributed by atoms with Crippen LogP contribution in [0.1, 0.15) is 12.8 Å². The van der Waals surface area contributed by atoms with Crippen LogP contribution in [0.5, 0.6) is 11.5 Å². The highest BCUT2D eigenvalue weighted by Crippen LogP contribution is 2.31. The fraction of sp³-hybridized carbons (Fsp3) is 0.346. The predicted molar refractivity (Wildman–Crippen MR) is 129 cm³/mol. The van der Waals surface area contributed by atoms with Gasteiger partial charge in [0.25, 0.3) is 0 Å². The average molecular weight is 481 g/mol. The number of amides is 1. The third-order valence-corrected chi connectivity index (χ3v) is 8.48. The monoisotopic (exact) mass is 480 g/mol. The van der Waals surface area contributed by atoms with Crippen LogP contribution in [0.25, 0.3) is 10.8 Å². The molecule has 0 aromatic heterocycles. The summed E-state index contributed by atoms with van der Waals surface area (Å²) in [5.74, 6) is 1.22. The van der Waals surface area contributed by atoms with Gasteiger partial charge in [-0.3, -0.25) is 4.79 Å². The molecule has 0 unspecified atom stereocenters. The summed E-state index contributed by atoms with van der Waals surface area (Å²) in [5.41, 5.74) is 0. The van der Waals surface area contributed by atoms with Gasteiger partial charge in [-0.15, -0.1) is 0 Å². The number of ether oxygens (including phenoxy) is 2. The first-order valence-electron chi connectivity index (χ1n) is 11.5. The molecule has 5 rings (SSSR count). The maximum atomic E-state index is 13.2. The normalized spacial score (nSPS) is 19.1. The van der Waals surface area contributed by atoms with Gasteiger partial charge in [-0.25, -0.2) is 8.42 Å². The Bertz CT molecular complexity index is 1300. The van der Waals surface area contributed by atoms with Crippen LogP contribution in [0.2, 0.25) is 0 Å². The van der Waals surface area contributed by atoms with Gasteiger partial charge in [0.1, 0.15) is 6.61 Å². The topological polar surface area (TPSA) is 76.2 Å². The molecule has 0 saturated carbocycles. The van der Waals surface area contributed by atoms with Crippen molar-refractivity contribution in [2.24, 2.45) is 5.92 Å². The van der Waals surface area contributed by atoms with E-state index in [1.54, 1.807) is 24.1 Å². The number of nitrogens with zero attached hydrogens (tertiary/aromatic N) is 2. The standard InChI is InChI=1S/C26H28N2O5S/c1-27(17-22-18-32-24-8-4-5-9-25(24)33-22)26(29)20-12-14-28(15-13-20)34(30,31)23-11-10-19-6-2-3-7-21(19)16-23/h2-11,16,20,22H,12-15,17-18H2,1H3/t22-/m1/s1. The number of hydrogen-bond donors (Lipinski definition) is 0. The first-order valence-corrected chi connectivity index (χ1v) is 13.0. The van der Waals surface area contributed by atoms with Crippen LogP contribution in [-0.4, -0.2) is 62.9 Å². The number of fused-ring (bicyclic) bond motifs is 2. The van der Waals surface area contributed by atoms with E-state index in [1.165, 1.54) is 4.31 Å². The van der Waals surface area contributed by atoms with Crippen LogP contribution in [0, 0.1) is 5.92 Å². The second-order valence-electron chi connectivity index (χ2n) is 8.90. The van der Waals surface area contributed by atoms with E-state index in [0.717, 1.165) is 10.8 Å². The van der Waals surface area contributed by atoms with E-state index < -0.39 is 10.0 Å².